The minimum absolute atomic E-state index is 0.0923. The van der Waals surface area contributed by atoms with Crippen molar-refractivity contribution < 1.29 is 0 Å². The van der Waals surface area contributed by atoms with Gasteiger partial charge in [0.05, 0.1) is 17.8 Å². The van der Waals surface area contributed by atoms with E-state index in [0.717, 1.165) is 17.4 Å². The van der Waals surface area contributed by atoms with E-state index in [9.17, 15) is 0 Å². The largest absolute Gasteiger partial charge is 0.352 e. The van der Waals surface area contributed by atoms with Gasteiger partial charge in [0.15, 0.2) is 5.11 Å². The molecule has 0 bridgehead atoms. The number of thiocarbonyl (C=S) groups is 1. The topological polar surface area (TPSA) is 33.1 Å². The monoisotopic (exact) mass is 382 g/mol. The van der Waals surface area contributed by atoms with Crippen LogP contribution >= 0.6 is 12.2 Å². The molecule has 4 rings (SSSR count). The highest BCUT2D eigenvalue weighted by Crippen LogP contribution is 2.41. The predicted octanol–water partition coefficient (Wildman–Crippen LogP) is 5.02. The second-order valence-electron chi connectivity index (χ2n) is 8.30. The van der Waals surface area contributed by atoms with E-state index in [1.807, 2.05) is 12.3 Å². The average molecular weight is 383 g/mol. The Morgan fingerprint density at radius 2 is 1.96 bits per heavy atom. The van der Waals surface area contributed by atoms with Crippen molar-refractivity contribution in [2.24, 2.45) is 5.92 Å². The van der Waals surface area contributed by atoms with Crippen molar-refractivity contribution >= 4 is 17.3 Å². The summed E-state index contributed by atoms with van der Waals surface area (Å²) < 4.78 is 2.53. The molecule has 2 aromatic heterocycles. The van der Waals surface area contributed by atoms with Gasteiger partial charge < -0.3 is 14.8 Å². The van der Waals surface area contributed by atoms with Gasteiger partial charge in [0.2, 0.25) is 0 Å². The molecule has 0 radical (unpaired) electrons. The molecule has 27 heavy (non-hydrogen) atoms. The number of nitrogens with one attached hydrogen (secondary N) is 1. The number of hydrogen-bond acceptors (Lipinski definition) is 2. The second kappa shape index (κ2) is 8.01. The van der Waals surface area contributed by atoms with E-state index in [4.69, 9.17) is 12.2 Å². The minimum Gasteiger partial charge on any atom is -0.352 e. The first-order valence-corrected chi connectivity index (χ1v) is 10.7. The maximum absolute atomic E-state index is 5.76. The highest BCUT2D eigenvalue weighted by molar-refractivity contribution is 7.80. The van der Waals surface area contributed by atoms with E-state index in [-0.39, 0.29) is 12.1 Å². The smallest absolute Gasteiger partial charge is 0.170 e. The Kier molecular flexibility index (Phi) is 5.48. The van der Waals surface area contributed by atoms with Gasteiger partial charge >= 0.3 is 0 Å². The third kappa shape index (κ3) is 3.75. The fourth-order valence-corrected chi connectivity index (χ4v) is 4.98. The van der Waals surface area contributed by atoms with Crippen LogP contribution in [0.15, 0.2) is 42.7 Å². The van der Waals surface area contributed by atoms with Crippen LogP contribution in [-0.4, -0.2) is 26.1 Å². The van der Waals surface area contributed by atoms with Gasteiger partial charge in [0.1, 0.15) is 0 Å². The summed E-state index contributed by atoms with van der Waals surface area (Å²) in [5, 5.41) is 4.42. The molecule has 1 saturated carbocycles. The summed E-state index contributed by atoms with van der Waals surface area (Å²) in [6, 6.07) is 11.5. The van der Waals surface area contributed by atoms with Gasteiger partial charge in [-0.05, 0) is 55.2 Å². The van der Waals surface area contributed by atoms with Crippen LogP contribution in [0.2, 0.25) is 0 Å². The van der Waals surface area contributed by atoms with Gasteiger partial charge in [-0.1, -0.05) is 39.2 Å². The van der Waals surface area contributed by atoms with Crippen molar-refractivity contribution in [1.29, 1.82) is 0 Å². The van der Waals surface area contributed by atoms with Crippen LogP contribution < -0.4 is 5.32 Å². The minimum atomic E-state index is 0.0923. The molecule has 1 aliphatic carbocycles. The Balaban J connectivity index is 1.73. The molecule has 2 aromatic rings. The van der Waals surface area contributed by atoms with Gasteiger partial charge in [0.25, 0.3) is 0 Å². The maximum atomic E-state index is 5.76. The molecule has 0 aromatic carbocycles. The highest BCUT2D eigenvalue weighted by Gasteiger charge is 2.41. The molecular formula is C22H30N4S. The van der Waals surface area contributed by atoms with Gasteiger partial charge in [-0.15, -0.1) is 0 Å². The first-order valence-electron chi connectivity index (χ1n) is 10.3. The van der Waals surface area contributed by atoms with Crippen LogP contribution in [0, 0.1) is 5.92 Å². The standard InChI is InChI=1S/C22H30N4S/c1-16(2)15-26-21(20(24-22(26)27)18-11-6-7-13-23-18)19-12-8-14-25(19)17-9-4-3-5-10-17/h6-8,11-14,16-17,20-21H,3-5,9-10,15H2,1-2H3,(H,24,27)/t20-,21+/m1/s1. The van der Waals surface area contributed by atoms with E-state index in [2.05, 4.69) is 64.1 Å². The Labute approximate surface area is 168 Å². The first kappa shape index (κ1) is 18.5. The van der Waals surface area contributed by atoms with Gasteiger partial charge in [0, 0.05) is 30.7 Å². The molecular weight excluding hydrogens is 352 g/mol. The molecule has 1 N–H and O–H groups in total. The molecule has 2 atom stereocenters. The lowest BCUT2D eigenvalue weighted by Gasteiger charge is -2.33. The van der Waals surface area contributed by atoms with Gasteiger partial charge in [-0.2, -0.15) is 0 Å². The van der Waals surface area contributed by atoms with E-state index in [1.54, 1.807) is 0 Å². The third-order valence-electron chi connectivity index (χ3n) is 5.84. The van der Waals surface area contributed by atoms with E-state index < -0.39 is 0 Å². The fraction of sp³-hybridized carbons (Fsp3) is 0.545. The third-order valence-corrected chi connectivity index (χ3v) is 6.19. The summed E-state index contributed by atoms with van der Waals surface area (Å²) in [6.45, 7) is 5.47. The second-order valence-corrected chi connectivity index (χ2v) is 8.69. The van der Waals surface area contributed by atoms with Gasteiger partial charge in [-0.3, -0.25) is 4.98 Å². The number of nitrogens with zero attached hydrogens (tertiary/aromatic N) is 3. The molecule has 1 saturated heterocycles. The van der Waals surface area contributed by atoms with Crippen molar-refractivity contribution in [3.63, 3.8) is 0 Å². The average Bonchev–Trinajstić information content (AvgIpc) is 3.28. The van der Waals surface area contributed by atoms with Crippen LogP contribution in [0.5, 0.6) is 0 Å². The Morgan fingerprint density at radius 1 is 1.15 bits per heavy atom. The summed E-state index contributed by atoms with van der Waals surface area (Å²) in [6.07, 6.45) is 10.8. The predicted molar refractivity (Wildman–Crippen MR) is 114 cm³/mol. The zero-order chi connectivity index (χ0) is 18.8. The quantitative estimate of drug-likeness (QED) is 0.736. The molecule has 2 aliphatic rings. The summed E-state index contributed by atoms with van der Waals surface area (Å²) in [7, 11) is 0. The van der Waals surface area contributed by atoms with Crippen LogP contribution in [0.3, 0.4) is 0 Å². The highest BCUT2D eigenvalue weighted by atomic mass is 32.1. The number of rotatable bonds is 5. The summed E-state index contributed by atoms with van der Waals surface area (Å²) in [5.41, 5.74) is 2.43. The molecule has 4 nitrogen and oxygen atoms in total. The Morgan fingerprint density at radius 3 is 2.67 bits per heavy atom. The van der Waals surface area contributed by atoms with Crippen molar-refractivity contribution in [3.8, 4) is 0 Å². The first-order chi connectivity index (χ1) is 13.1. The molecule has 1 aliphatic heterocycles. The molecule has 2 fully saturated rings. The van der Waals surface area contributed by atoms with E-state index >= 15 is 0 Å². The number of hydrogen-bond donors (Lipinski definition) is 1. The zero-order valence-corrected chi connectivity index (χ0v) is 17.2. The fourth-order valence-electron chi connectivity index (χ4n) is 4.67. The molecule has 5 heteroatoms. The van der Waals surface area contributed by atoms with E-state index in [1.165, 1.54) is 37.8 Å². The molecule has 0 amide bonds. The van der Waals surface area contributed by atoms with Crippen LogP contribution in [-0.2, 0) is 0 Å². The summed E-state index contributed by atoms with van der Waals surface area (Å²) in [4.78, 5) is 7.04. The van der Waals surface area contributed by atoms with Gasteiger partial charge in [-0.25, -0.2) is 0 Å². The number of pyridine rings is 1. The van der Waals surface area contributed by atoms with Crippen LogP contribution in [0.25, 0.3) is 0 Å². The lowest BCUT2D eigenvalue weighted by molar-refractivity contribution is 0.261. The lowest BCUT2D eigenvalue weighted by Crippen LogP contribution is -2.34. The molecule has 0 unspecified atom stereocenters. The summed E-state index contributed by atoms with van der Waals surface area (Å²) >= 11 is 5.76. The van der Waals surface area contributed by atoms with Crippen LogP contribution in [0.1, 0.15) is 75.5 Å². The molecule has 0 spiro atoms. The van der Waals surface area contributed by atoms with Crippen molar-refractivity contribution in [2.45, 2.75) is 64.1 Å². The lowest BCUT2D eigenvalue weighted by atomic mass is 9.94. The number of aromatic nitrogens is 2. The Hall–Kier alpha value is -1.88. The van der Waals surface area contributed by atoms with Crippen molar-refractivity contribution in [3.05, 3.63) is 54.1 Å². The van der Waals surface area contributed by atoms with E-state index in [0.29, 0.717) is 12.0 Å². The Bertz CT molecular complexity index is 764. The molecule has 3 heterocycles. The molecule has 144 valence electrons. The summed E-state index contributed by atoms with van der Waals surface area (Å²) in [5.74, 6) is 0.549. The maximum Gasteiger partial charge on any atom is 0.170 e. The SMILES string of the molecule is CC(C)CN1C(=S)N[C@H](c2ccccn2)[C@@H]1c1cccn1C1CCCCC1. The van der Waals surface area contributed by atoms with Crippen molar-refractivity contribution in [1.82, 2.24) is 19.8 Å². The zero-order valence-electron chi connectivity index (χ0n) is 16.3. The van der Waals surface area contributed by atoms with Crippen molar-refractivity contribution in [2.75, 3.05) is 6.54 Å². The van der Waals surface area contributed by atoms with Crippen LogP contribution in [0.4, 0.5) is 0 Å². The normalized spacial score (nSPS) is 23.8.